The van der Waals surface area contributed by atoms with Gasteiger partial charge in [-0.05, 0) is 53.5 Å². The molecule has 5 nitrogen and oxygen atoms in total. The summed E-state index contributed by atoms with van der Waals surface area (Å²) < 4.78 is 2.77. The zero-order valence-electron chi connectivity index (χ0n) is 12.5. The third-order valence-corrected chi connectivity index (χ3v) is 3.63. The molecule has 0 aliphatic rings. The van der Waals surface area contributed by atoms with Crippen LogP contribution < -0.4 is 11.1 Å². The Labute approximate surface area is 137 Å². The summed E-state index contributed by atoms with van der Waals surface area (Å²) in [5, 5.41) is 2.85. The maximum absolute atomic E-state index is 12.4. The highest BCUT2D eigenvalue weighted by atomic mass is 79.9. The molecule has 2 amide bonds. The number of rotatable bonds is 5. The Kier molecular flexibility index (Phi) is 5.03. The molecular weight excluding hydrogens is 346 g/mol. The van der Waals surface area contributed by atoms with Crippen LogP contribution in [-0.4, -0.2) is 16.4 Å². The van der Waals surface area contributed by atoms with E-state index in [1.54, 1.807) is 30.3 Å². The zero-order chi connectivity index (χ0) is 16.3. The molecule has 0 aliphatic heterocycles. The molecule has 1 heterocycles. The molecule has 6 heteroatoms. The normalized spacial score (nSPS) is 10.7. The van der Waals surface area contributed by atoms with Gasteiger partial charge < -0.3 is 15.6 Å². The van der Waals surface area contributed by atoms with E-state index < -0.39 is 0 Å². The maximum Gasteiger partial charge on any atom is 0.272 e. The summed E-state index contributed by atoms with van der Waals surface area (Å²) in [5.41, 5.74) is 7.23. The number of benzene rings is 1. The number of nitrogens with one attached hydrogen (secondary N) is 1. The number of amides is 2. The molecule has 1 aromatic heterocycles. The van der Waals surface area contributed by atoms with Crippen LogP contribution in [-0.2, 0) is 11.2 Å². The van der Waals surface area contributed by atoms with Crippen LogP contribution in [0.1, 0.15) is 35.9 Å². The number of nitrogens with two attached hydrogens (primary N) is 1. The van der Waals surface area contributed by atoms with Crippen LogP contribution in [0.4, 0.5) is 5.69 Å². The molecule has 0 saturated heterocycles. The number of anilines is 1. The molecule has 2 aromatic rings. The second-order valence-corrected chi connectivity index (χ2v) is 6.25. The van der Waals surface area contributed by atoms with Crippen molar-refractivity contribution in [2.24, 2.45) is 5.73 Å². The fraction of sp³-hybridized carbons (Fsp3) is 0.250. The van der Waals surface area contributed by atoms with E-state index in [1.165, 1.54) is 0 Å². The second-order valence-electron chi connectivity index (χ2n) is 5.34. The predicted octanol–water partition coefficient (Wildman–Crippen LogP) is 3.11. The van der Waals surface area contributed by atoms with E-state index in [0.29, 0.717) is 11.4 Å². The molecule has 0 spiro atoms. The lowest BCUT2D eigenvalue weighted by atomic mass is 10.1. The first-order valence-corrected chi connectivity index (χ1v) is 7.72. The highest BCUT2D eigenvalue weighted by Crippen LogP contribution is 2.20. The molecular formula is C16H18BrN3O2. The summed E-state index contributed by atoms with van der Waals surface area (Å²) in [5.74, 6) is -0.557. The van der Waals surface area contributed by atoms with E-state index in [4.69, 9.17) is 5.73 Å². The van der Waals surface area contributed by atoms with Gasteiger partial charge in [0.1, 0.15) is 5.69 Å². The van der Waals surface area contributed by atoms with Gasteiger partial charge in [0.15, 0.2) is 0 Å². The first-order chi connectivity index (χ1) is 10.4. The van der Waals surface area contributed by atoms with Crippen molar-refractivity contribution < 1.29 is 9.59 Å². The van der Waals surface area contributed by atoms with Crippen LogP contribution in [0, 0.1) is 0 Å². The summed E-state index contributed by atoms with van der Waals surface area (Å²) in [6, 6.07) is 9.04. The van der Waals surface area contributed by atoms with Crippen LogP contribution in [0.3, 0.4) is 0 Å². The number of carbonyl (C=O) groups is 2. The van der Waals surface area contributed by atoms with Gasteiger partial charge in [0.05, 0.1) is 6.42 Å². The van der Waals surface area contributed by atoms with E-state index in [9.17, 15) is 9.59 Å². The van der Waals surface area contributed by atoms with Gasteiger partial charge in [0, 0.05) is 22.4 Å². The summed E-state index contributed by atoms with van der Waals surface area (Å²) in [4.78, 5) is 23.3. The first kappa shape index (κ1) is 16.3. The molecule has 2 rings (SSSR count). The lowest BCUT2D eigenvalue weighted by molar-refractivity contribution is -0.117. The van der Waals surface area contributed by atoms with E-state index in [2.05, 4.69) is 21.2 Å². The largest absolute Gasteiger partial charge is 0.369 e. The standard InChI is InChI=1S/C16H18BrN3O2/c1-10(2)20-9-12(17)8-14(20)16(22)19-13-5-3-11(4-6-13)7-15(18)21/h3-6,8-10H,7H2,1-2H3,(H2,18,21)(H,19,22). The van der Waals surface area contributed by atoms with E-state index in [0.717, 1.165) is 10.0 Å². The van der Waals surface area contributed by atoms with Gasteiger partial charge >= 0.3 is 0 Å². The topological polar surface area (TPSA) is 77.1 Å². The van der Waals surface area contributed by atoms with Crippen molar-refractivity contribution in [3.63, 3.8) is 0 Å². The lowest BCUT2D eigenvalue weighted by Gasteiger charge is -2.13. The Balaban J connectivity index is 2.13. The summed E-state index contributed by atoms with van der Waals surface area (Å²) in [7, 11) is 0. The molecule has 116 valence electrons. The fourth-order valence-corrected chi connectivity index (χ4v) is 2.59. The average Bonchev–Trinajstić information content (AvgIpc) is 2.83. The van der Waals surface area contributed by atoms with Crippen LogP contribution in [0.5, 0.6) is 0 Å². The highest BCUT2D eigenvalue weighted by molar-refractivity contribution is 9.10. The summed E-state index contributed by atoms with van der Waals surface area (Å²) >= 11 is 3.39. The molecule has 0 unspecified atom stereocenters. The smallest absolute Gasteiger partial charge is 0.272 e. The Morgan fingerprint density at radius 3 is 2.45 bits per heavy atom. The van der Waals surface area contributed by atoms with Crippen LogP contribution in [0.2, 0.25) is 0 Å². The van der Waals surface area contributed by atoms with Crippen LogP contribution in [0.25, 0.3) is 0 Å². The Bertz CT molecular complexity index is 690. The third-order valence-electron chi connectivity index (χ3n) is 3.19. The van der Waals surface area contributed by atoms with Crippen molar-refractivity contribution in [3.8, 4) is 0 Å². The number of hydrogen-bond acceptors (Lipinski definition) is 2. The van der Waals surface area contributed by atoms with Crippen LogP contribution >= 0.6 is 15.9 Å². The van der Waals surface area contributed by atoms with Crippen molar-refractivity contribution in [1.82, 2.24) is 4.57 Å². The molecule has 0 aliphatic carbocycles. The quantitative estimate of drug-likeness (QED) is 0.855. The number of hydrogen-bond donors (Lipinski definition) is 2. The van der Waals surface area contributed by atoms with Crippen molar-refractivity contribution in [2.45, 2.75) is 26.3 Å². The van der Waals surface area contributed by atoms with E-state index >= 15 is 0 Å². The number of carbonyl (C=O) groups excluding carboxylic acids is 2. The molecule has 0 bridgehead atoms. The lowest BCUT2D eigenvalue weighted by Crippen LogP contribution is -2.18. The molecule has 0 radical (unpaired) electrons. The van der Waals surface area contributed by atoms with Gasteiger partial charge in [-0.3, -0.25) is 9.59 Å². The number of halogens is 1. The highest BCUT2D eigenvalue weighted by Gasteiger charge is 2.15. The average molecular weight is 364 g/mol. The number of aromatic nitrogens is 1. The minimum absolute atomic E-state index is 0.179. The minimum Gasteiger partial charge on any atom is -0.369 e. The zero-order valence-corrected chi connectivity index (χ0v) is 14.1. The number of nitrogens with zero attached hydrogens (tertiary/aromatic N) is 1. The first-order valence-electron chi connectivity index (χ1n) is 6.93. The Morgan fingerprint density at radius 1 is 1.27 bits per heavy atom. The van der Waals surface area contributed by atoms with Gasteiger partial charge in [0.25, 0.3) is 5.91 Å². The van der Waals surface area contributed by atoms with Gasteiger partial charge in [-0.15, -0.1) is 0 Å². The molecule has 3 N–H and O–H groups in total. The molecule has 0 fully saturated rings. The minimum atomic E-state index is -0.378. The number of primary amides is 1. The fourth-order valence-electron chi connectivity index (χ4n) is 2.16. The molecule has 0 saturated carbocycles. The van der Waals surface area contributed by atoms with Gasteiger partial charge in [-0.1, -0.05) is 12.1 Å². The van der Waals surface area contributed by atoms with Gasteiger partial charge in [-0.2, -0.15) is 0 Å². The van der Waals surface area contributed by atoms with Crippen molar-refractivity contribution in [2.75, 3.05) is 5.32 Å². The summed E-state index contributed by atoms with van der Waals surface area (Å²) in [6.45, 7) is 4.03. The van der Waals surface area contributed by atoms with Gasteiger partial charge in [-0.25, -0.2) is 0 Å². The SMILES string of the molecule is CC(C)n1cc(Br)cc1C(=O)Nc1ccc(CC(N)=O)cc1. The van der Waals surface area contributed by atoms with Gasteiger partial charge in [0.2, 0.25) is 5.91 Å². The van der Waals surface area contributed by atoms with Crippen molar-refractivity contribution in [1.29, 1.82) is 0 Å². The maximum atomic E-state index is 12.4. The second kappa shape index (κ2) is 6.79. The third kappa shape index (κ3) is 3.98. The molecule has 1 aromatic carbocycles. The van der Waals surface area contributed by atoms with Crippen LogP contribution in [0.15, 0.2) is 41.0 Å². The van der Waals surface area contributed by atoms with E-state index in [-0.39, 0.29) is 24.3 Å². The summed E-state index contributed by atoms with van der Waals surface area (Å²) in [6.07, 6.45) is 2.08. The molecule has 0 atom stereocenters. The van der Waals surface area contributed by atoms with Crippen molar-refractivity contribution >= 4 is 33.4 Å². The Morgan fingerprint density at radius 2 is 1.91 bits per heavy atom. The predicted molar refractivity (Wildman–Crippen MR) is 89.8 cm³/mol. The van der Waals surface area contributed by atoms with E-state index in [1.807, 2.05) is 24.6 Å². The molecule has 22 heavy (non-hydrogen) atoms. The Hall–Kier alpha value is -2.08. The monoisotopic (exact) mass is 363 g/mol. The van der Waals surface area contributed by atoms with Crippen molar-refractivity contribution in [3.05, 3.63) is 52.3 Å².